The first-order chi connectivity index (χ1) is 14.3. The Hall–Kier alpha value is -3.19. The van der Waals surface area contributed by atoms with Crippen molar-refractivity contribution in [3.05, 3.63) is 68.3 Å². The molecule has 0 aromatic heterocycles. The Bertz CT molecular complexity index is 1010. The molecule has 7 nitrogen and oxygen atoms in total. The predicted octanol–water partition coefficient (Wildman–Crippen LogP) is 4.09. The molecule has 7 heteroatoms. The molecule has 0 aliphatic carbocycles. The molecule has 158 valence electrons. The lowest BCUT2D eigenvalue weighted by Crippen LogP contribution is -2.32. The average Bonchev–Trinajstić information content (AvgIpc) is 2.71. The molecule has 0 bridgehead atoms. The van der Waals surface area contributed by atoms with E-state index in [0.29, 0.717) is 30.6 Å². The smallest absolute Gasteiger partial charge is 0.315 e. The number of carbonyl (C=O) groups excluding carboxylic acids is 1. The second-order valence-corrected chi connectivity index (χ2v) is 7.63. The second kappa shape index (κ2) is 9.09. The van der Waals surface area contributed by atoms with Crippen LogP contribution in [0.1, 0.15) is 28.7 Å². The number of aryl methyl sites for hydroxylation is 2. The Kier molecular flexibility index (Phi) is 6.52. The molecule has 1 saturated heterocycles. The van der Waals surface area contributed by atoms with Crippen molar-refractivity contribution in [3.8, 4) is 11.5 Å². The van der Waals surface area contributed by atoms with E-state index in [9.17, 15) is 14.9 Å². The summed E-state index contributed by atoms with van der Waals surface area (Å²) in [6, 6.07) is 9.09. The number of likely N-dealkylation sites (N-methyl/N-ethyl adjacent to an activating group) is 1. The highest BCUT2D eigenvalue weighted by molar-refractivity contribution is 6.00. The summed E-state index contributed by atoms with van der Waals surface area (Å²) in [7, 11) is 3.38. The van der Waals surface area contributed by atoms with E-state index < -0.39 is 4.92 Å². The largest absolute Gasteiger partial charge is 0.493 e. The summed E-state index contributed by atoms with van der Waals surface area (Å²) in [6.07, 6.45) is 2.14. The SMILES string of the molecule is COc1cc(/C=C2\CN(C)CCC2=O)cc([N+](=O)[O-])c1OCc1cc(C)ccc1C. The molecular weight excluding hydrogens is 384 g/mol. The van der Waals surface area contributed by atoms with Crippen LogP contribution < -0.4 is 9.47 Å². The lowest BCUT2D eigenvalue weighted by Gasteiger charge is -2.23. The lowest BCUT2D eigenvalue weighted by atomic mass is 10.0. The molecule has 2 aromatic carbocycles. The number of nitro benzene ring substituents is 1. The van der Waals surface area contributed by atoms with Gasteiger partial charge in [-0.1, -0.05) is 23.8 Å². The van der Waals surface area contributed by atoms with Crippen molar-refractivity contribution in [2.75, 3.05) is 27.2 Å². The van der Waals surface area contributed by atoms with Gasteiger partial charge in [-0.25, -0.2) is 0 Å². The zero-order valence-electron chi connectivity index (χ0n) is 17.7. The normalized spacial score (nSPS) is 16.0. The van der Waals surface area contributed by atoms with Gasteiger partial charge in [0.25, 0.3) is 0 Å². The highest BCUT2D eigenvalue weighted by Gasteiger charge is 2.24. The van der Waals surface area contributed by atoms with Crippen molar-refractivity contribution in [1.82, 2.24) is 4.90 Å². The van der Waals surface area contributed by atoms with Crippen LogP contribution in [0.15, 0.2) is 35.9 Å². The number of hydrogen-bond donors (Lipinski definition) is 0. The number of piperidine rings is 1. The molecule has 1 heterocycles. The third-order valence-corrected chi connectivity index (χ3v) is 5.21. The van der Waals surface area contributed by atoms with Crippen LogP contribution in [-0.4, -0.2) is 42.9 Å². The van der Waals surface area contributed by atoms with Crippen molar-refractivity contribution in [1.29, 1.82) is 0 Å². The van der Waals surface area contributed by atoms with E-state index in [1.807, 2.05) is 44.0 Å². The number of carbonyl (C=O) groups is 1. The van der Waals surface area contributed by atoms with Crippen LogP contribution in [0.5, 0.6) is 11.5 Å². The van der Waals surface area contributed by atoms with E-state index in [4.69, 9.17) is 9.47 Å². The van der Waals surface area contributed by atoms with Gasteiger partial charge in [0.1, 0.15) is 6.61 Å². The van der Waals surface area contributed by atoms with Gasteiger partial charge in [0.05, 0.1) is 12.0 Å². The van der Waals surface area contributed by atoms with Crippen molar-refractivity contribution in [2.24, 2.45) is 0 Å². The fourth-order valence-electron chi connectivity index (χ4n) is 3.47. The fraction of sp³-hybridized carbons (Fsp3) is 0.348. The van der Waals surface area contributed by atoms with Crippen LogP contribution >= 0.6 is 0 Å². The van der Waals surface area contributed by atoms with Crippen molar-refractivity contribution in [3.63, 3.8) is 0 Å². The zero-order valence-corrected chi connectivity index (χ0v) is 17.7. The lowest BCUT2D eigenvalue weighted by molar-refractivity contribution is -0.386. The number of nitro groups is 1. The molecule has 0 saturated carbocycles. The van der Waals surface area contributed by atoms with Gasteiger partial charge in [-0.2, -0.15) is 0 Å². The van der Waals surface area contributed by atoms with Crippen LogP contribution in [0.25, 0.3) is 6.08 Å². The van der Waals surface area contributed by atoms with Gasteiger partial charge in [0.2, 0.25) is 5.75 Å². The maximum atomic E-state index is 12.2. The Morgan fingerprint density at radius 3 is 2.70 bits per heavy atom. The second-order valence-electron chi connectivity index (χ2n) is 7.63. The van der Waals surface area contributed by atoms with Crippen LogP contribution in [0.3, 0.4) is 0 Å². The number of nitrogens with zero attached hydrogens (tertiary/aromatic N) is 2. The van der Waals surface area contributed by atoms with Crippen molar-refractivity contribution >= 4 is 17.5 Å². The van der Waals surface area contributed by atoms with Crippen LogP contribution in [0.2, 0.25) is 0 Å². The number of hydrogen-bond acceptors (Lipinski definition) is 6. The topological polar surface area (TPSA) is 81.9 Å². The molecule has 0 atom stereocenters. The van der Waals surface area contributed by atoms with Crippen molar-refractivity contribution in [2.45, 2.75) is 26.9 Å². The molecule has 30 heavy (non-hydrogen) atoms. The van der Waals surface area contributed by atoms with E-state index in [2.05, 4.69) is 0 Å². The van der Waals surface area contributed by atoms with E-state index in [1.54, 1.807) is 12.1 Å². The minimum absolute atomic E-state index is 0.0602. The molecule has 0 amide bonds. The maximum Gasteiger partial charge on any atom is 0.315 e. The Labute approximate surface area is 176 Å². The van der Waals surface area contributed by atoms with Crippen LogP contribution in [-0.2, 0) is 11.4 Å². The number of benzene rings is 2. The quantitative estimate of drug-likeness (QED) is 0.405. The van der Waals surface area contributed by atoms with Gasteiger partial charge in [0.15, 0.2) is 11.5 Å². The third-order valence-electron chi connectivity index (χ3n) is 5.21. The van der Waals surface area contributed by atoms with Gasteiger partial charge in [-0.05, 0) is 49.7 Å². The summed E-state index contributed by atoms with van der Waals surface area (Å²) in [5.74, 6) is 0.403. The molecule has 2 aromatic rings. The molecule has 0 N–H and O–H groups in total. The summed E-state index contributed by atoms with van der Waals surface area (Å²) < 4.78 is 11.3. The van der Waals surface area contributed by atoms with Crippen LogP contribution in [0, 0.1) is 24.0 Å². The summed E-state index contributed by atoms with van der Waals surface area (Å²) in [6.45, 7) is 5.37. The van der Waals surface area contributed by atoms with E-state index in [-0.39, 0.29) is 29.6 Å². The summed E-state index contributed by atoms with van der Waals surface area (Å²) in [5.41, 5.74) is 4.06. The van der Waals surface area contributed by atoms with Gasteiger partial charge < -0.3 is 14.4 Å². The summed E-state index contributed by atoms with van der Waals surface area (Å²) in [4.78, 5) is 25.5. The predicted molar refractivity (Wildman–Crippen MR) is 115 cm³/mol. The highest BCUT2D eigenvalue weighted by Crippen LogP contribution is 2.39. The van der Waals surface area contributed by atoms with Crippen molar-refractivity contribution < 1.29 is 19.2 Å². The molecule has 1 aliphatic rings. The van der Waals surface area contributed by atoms with Gasteiger partial charge in [0, 0.05) is 31.1 Å². The number of rotatable bonds is 6. The molecule has 3 rings (SSSR count). The third kappa shape index (κ3) is 4.86. The first-order valence-corrected chi connectivity index (χ1v) is 9.76. The molecule has 1 aliphatic heterocycles. The average molecular weight is 410 g/mol. The maximum absolute atomic E-state index is 12.2. The molecule has 0 radical (unpaired) electrons. The van der Waals surface area contributed by atoms with E-state index >= 15 is 0 Å². The standard InChI is InChI=1S/C23H26N2O5/c1-15-5-6-16(2)19(9-15)14-30-23-20(25(27)28)11-17(12-22(23)29-4)10-18-13-24(3)8-7-21(18)26/h5-6,9-12H,7-8,13-14H2,1-4H3/b18-10+. The minimum Gasteiger partial charge on any atom is -0.493 e. The summed E-state index contributed by atoms with van der Waals surface area (Å²) >= 11 is 0. The fourth-order valence-corrected chi connectivity index (χ4v) is 3.47. The molecule has 0 spiro atoms. The Morgan fingerprint density at radius 1 is 1.23 bits per heavy atom. The Morgan fingerprint density at radius 2 is 2.00 bits per heavy atom. The number of Topliss-reactive ketones (excluding diaryl/α,β-unsaturated/α-hetero) is 1. The van der Waals surface area contributed by atoms with E-state index in [0.717, 1.165) is 16.7 Å². The minimum atomic E-state index is -0.488. The molecule has 0 unspecified atom stereocenters. The highest BCUT2D eigenvalue weighted by atomic mass is 16.6. The summed E-state index contributed by atoms with van der Waals surface area (Å²) in [5, 5.41) is 11.8. The number of methoxy groups -OCH3 is 1. The van der Waals surface area contributed by atoms with Gasteiger partial charge >= 0.3 is 5.69 Å². The van der Waals surface area contributed by atoms with Gasteiger partial charge in [-0.15, -0.1) is 0 Å². The monoisotopic (exact) mass is 410 g/mol. The van der Waals surface area contributed by atoms with E-state index in [1.165, 1.54) is 13.2 Å². The number of ketones is 1. The Balaban J connectivity index is 1.96. The molecule has 1 fully saturated rings. The molecular formula is C23H26N2O5. The first kappa shape index (κ1) is 21.5. The number of likely N-dealkylation sites (tertiary alicyclic amines) is 1. The van der Waals surface area contributed by atoms with Gasteiger partial charge in [-0.3, -0.25) is 14.9 Å². The zero-order chi connectivity index (χ0) is 21.8. The first-order valence-electron chi connectivity index (χ1n) is 9.76. The van der Waals surface area contributed by atoms with Crippen LogP contribution in [0.4, 0.5) is 5.69 Å². The number of ether oxygens (including phenoxy) is 2.